The van der Waals surface area contributed by atoms with E-state index in [1.54, 1.807) is 30.3 Å². The number of hydrogen-bond donors (Lipinski definition) is 5. The standard InChI is InChI=1S/C11H11N3O2S.C8H11N.C7H8ClN.C6H6FN/c12-9-4-6-10(7-5-9)17(15,16)14-11-3-1-2-8-13-11;1-6-3-4-8(9)7(2)5-6;1-5-4-6(8)2-3-7(5)9;7-5-1-3-6(8)4-2-5/h1-8H,12H2,(H,13,14);3-5H,9H2,1-2H3;2-4H,9H2,1H3;1-4H,8H2. The summed E-state index contributed by atoms with van der Waals surface area (Å²) in [5.74, 6) is 0.0310. The van der Waals surface area contributed by atoms with Gasteiger partial charge in [0.25, 0.3) is 10.0 Å². The Morgan fingerprint density at radius 2 is 1.23 bits per heavy atom. The molecule has 9 N–H and O–H groups in total. The Hall–Kier alpha value is -4.80. The Morgan fingerprint density at radius 3 is 1.67 bits per heavy atom. The number of rotatable bonds is 3. The number of nitrogens with two attached hydrogens (primary N) is 4. The molecule has 0 saturated heterocycles. The van der Waals surface area contributed by atoms with Gasteiger partial charge in [-0.1, -0.05) is 35.4 Å². The van der Waals surface area contributed by atoms with E-state index < -0.39 is 10.0 Å². The number of nitrogens with zero attached hydrogens (tertiary/aromatic N) is 1. The molecular weight excluding hydrogens is 587 g/mol. The van der Waals surface area contributed by atoms with Crippen LogP contribution in [0.15, 0.2) is 114 Å². The maximum absolute atomic E-state index is 12.0. The van der Waals surface area contributed by atoms with Crippen molar-refractivity contribution < 1.29 is 12.8 Å². The Kier molecular flexibility index (Phi) is 13.3. The van der Waals surface area contributed by atoms with Crippen LogP contribution in [0.4, 0.5) is 33.0 Å². The minimum absolute atomic E-state index is 0.150. The molecule has 5 rings (SSSR count). The molecule has 0 radical (unpaired) electrons. The maximum Gasteiger partial charge on any atom is 0.263 e. The van der Waals surface area contributed by atoms with E-state index in [2.05, 4.69) is 22.7 Å². The number of nitrogens with one attached hydrogen (secondary N) is 1. The molecule has 5 aromatic rings. The quantitative estimate of drug-likeness (QED) is 0.135. The SMILES string of the molecule is Cc1cc(Cl)ccc1N.Cc1ccc(N)c(C)c1.Nc1ccc(F)cc1.Nc1ccc(S(=O)(=O)Nc2ccccn2)cc1. The van der Waals surface area contributed by atoms with Crippen LogP contribution in [-0.2, 0) is 10.0 Å². The van der Waals surface area contributed by atoms with Crippen LogP contribution in [0.3, 0.4) is 0 Å². The molecule has 1 heterocycles. The molecule has 4 aromatic carbocycles. The summed E-state index contributed by atoms with van der Waals surface area (Å²) in [5.41, 5.74) is 28.1. The van der Waals surface area contributed by atoms with Crippen LogP contribution in [0.25, 0.3) is 0 Å². The second-order valence-electron chi connectivity index (χ2n) is 9.30. The van der Waals surface area contributed by atoms with Gasteiger partial charge in [-0.15, -0.1) is 0 Å². The van der Waals surface area contributed by atoms with E-state index in [0.717, 1.165) is 27.5 Å². The van der Waals surface area contributed by atoms with Crippen molar-refractivity contribution in [1.82, 2.24) is 4.98 Å². The molecule has 43 heavy (non-hydrogen) atoms. The Labute approximate surface area is 257 Å². The van der Waals surface area contributed by atoms with Crippen molar-refractivity contribution in [1.29, 1.82) is 0 Å². The summed E-state index contributed by atoms with van der Waals surface area (Å²) in [6.07, 6.45) is 1.51. The van der Waals surface area contributed by atoms with Gasteiger partial charge in [0.1, 0.15) is 11.6 Å². The summed E-state index contributed by atoms with van der Waals surface area (Å²) < 4.78 is 38.2. The van der Waals surface area contributed by atoms with Gasteiger partial charge in [-0.2, -0.15) is 0 Å². The van der Waals surface area contributed by atoms with Crippen LogP contribution < -0.4 is 27.7 Å². The van der Waals surface area contributed by atoms with Crippen molar-refractivity contribution in [3.05, 3.63) is 137 Å². The monoisotopic (exact) mass is 622 g/mol. The summed E-state index contributed by atoms with van der Waals surface area (Å²) in [7, 11) is -3.60. The summed E-state index contributed by atoms with van der Waals surface area (Å²) in [6.45, 7) is 6.01. The van der Waals surface area contributed by atoms with Crippen molar-refractivity contribution >= 4 is 50.2 Å². The Bertz CT molecular complexity index is 1620. The lowest BCUT2D eigenvalue weighted by Crippen LogP contribution is -2.13. The summed E-state index contributed by atoms with van der Waals surface area (Å²) >= 11 is 5.66. The first-order valence-electron chi connectivity index (χ1n) is 12.9. The first kappa shape index (κ1) is 34.4. The number of sulfonamides is 1. The minimum atomic E-state index is -3.60. The number of benzene rings is 4. The second-order valence-corrected chi connectivity index (χ2v) is 11.4. The van der Waals surface area contributed by atoms with Crippen molar-refractivity contribution in [2.75, 3.05) is 27.7 Å². The van der Waals surface area contributed by atoms with Crippen molar-refractivity contribution in [2.24, 2.45) is 0 Å². The van der Waals surface area contributed by atoms with E-state index in [9.17, 15) is 12.8 Å². The molecule has 0 fully saturated rings. The molecule has 11 heteroatoms. The van der Waals surface area contributed by atoms with Gasteiger partial charge in [-0.05, 0) is 117 Å². The molecule has 226 valence electrons. The number of nitrogen functional groups attached to an aromatic ring is 4. The first-order valence-corrected chi connectivity index (χ1v) is 14.8. The molecular formula is C32H36ClFN6O2S. The average molecular weight is 623 g/mol. The van der Waals surface area contributed by atoms with Crippen LogP contribution in [0.5, 0.6) is 0 Å². The summed E-state index contributed by atoms with van der Waals surface area (Å²) in [4.78, 5) is 4.04. The van der Waals surface area contributed by atoms with Crippen molar-refractivity contribution in [2.45, 2.75) is 25.7 Å². The molecule has 0 aliphatic carbocycles. The molecule has 0 aliphatic heterocycles. The fraction of sp³-hybridized carbons (Fsp3) is 0.0938. The fourth-order valence-electron chi connectivity index (χ4n) is 3.19. The normalized spacial score (nSPS) is 10.1. The lowest BCUT2D eigenvalue weighted by molar-refractivity contribution is 0.601. The average Bonchev–Trinajstić information content (AvgIpc) is 2.96. The van der Waals surface area contributed by atoms with E-state index >= 15 is 0 Å². The van der Waals surface area contributed by atoms with Gasteiger partial charge >= 0.3 is 0 Å². The number of pyridine rings is 1. The Morgan fingerprint density at radius 1 is 0.698 bits per heavy atom. The van der Waals surface area contributed by atoms with Crippen molar-refractivity contribution in [3.8, 4) is 0 Å². The second kappa shape index (κ2) is 16.6. The highest BCUT2D eigenvalue weighted by Gasteiger charge is 2.13. The summed E-state index contributed by atoms with van der Waals surface area (Å²) in [6, 6.07) is 28.1. The Balaban J connectivity index is 0.000000213. The molecule has 1 aromatic heterocycles. The van der Waals surface area contributed by atoms with Crippen molar-refractivity contribution in [3.63, 3.8) is 0 Å². The molecule has 0 saturated carbocycles. The number of hydrogen-bond acceptors (Lipinski definition) is 7. The number of aryl methyl sites for hydroxylation is 3. The zero-order valence-corrected chi connectivity index (χ0v) is 25.7. The number of aromatic nitrogens is 1. The van der Waals surface area contributed by atoms with Gasteiger partial charge in [-0.3, -0.25) is 4.72 Å². The topological polar surface area (TPSA) is 163 Å². The van der Waals surface area contributed by atoms with E-state index in [4.69, 9.17) is 34.5 Å². The third-order valence-electron chi connectivity index (χ3n) is 5.62. The van der Waals surface area contributed by atoms with Gasteiger partial charge in [0.05, 0.1) is 4.90 Å². The summed E-state index contributed by atoms with van der Waals surface area (Å²) in [5, 5.41) is 0.738. The highest BCUT2D eigenvalue weighted by atomic mass is 35.5. The predicted octanol–water partition coefficient (Wildman–Crippen LogP) is 6.99. The van der Waals surface area contributed by atoms with Gasteiger partial charge in [-0.25, -0.2) is 17.8 Å². The van der Waals surface area contributed by atoms with Gasteiger partial charge in [0, 0.05) is 34.0 Å². The van der Waals surface area contributed by atoms with Gasteiger partial charge < -0.3 is 22.9 Å². The van der Waals surface area contributed by atoms with Gasteiger partial charge in [0.15, 0.2) is 0 Å². The maximum atomic E-state index is 12.0. The van der Waals surface area contributed by atoms with Crippen LogP contribution in [-0.4, -0.2) is 13.4 Å². The van der Waals surface area contributed by atoms with Gasteiger partial charge in [0.2, 0.25) is 0 Å². The molecule has 8 nitrogen and oxygen atoms in total. The van der Waals surface area contributed by atoms with E-state index in [0.29, 0.717) is 11.4 Å². The molecule has 0 amide bonds. The lowest BCUT2D eigenvalue weighted by Gasteiger charge is -2.06. The highest BCUT2D eigenvalue weighted by molar-refractivity contribution is 7.92. The minimum Gasteiger partial charge on any atom is -0.399 e. The molecule has 0 spiro atoms. The smallest absolute Gasteiger partial charge is 0.263 e. The third-order valence-corrected chi connectivity index (χ3v) is 7.23. The van der Waals surface area contributed by atoms with Crippen LogP contribution in [0.2, 0.25) is 5.02 Å². The number of halogens is 2. The highest BCUT2D eigenvalue weighted by Crippen LogP contribution is 2.16. The van der Waals surface area contributed by atoms with Crippen LogP contribution in [0.1, 0.15) is 16.7 Å². The van der Waals surface area contributed by atoms with Crippen LogP contribution >= 0.6 is 11.6 Å². The lowest BCUT2D eigenvalue weighted by atomic mass is 10.1. The zero-order valence-electron chi connectivity index (χ0n) is 24.1. The predicted molar refractivity (Wildman–Crippen MR) is 178 cm³/mol. The fourth-order valence-corrected chi connectivity index (χ4v) is 4.43. The molecule has 0 bridgehead atoms. The van der Waals surface area contributed by atoms with E-state index in [1.165, 1.54) is 60.3 Å². The van der Waals surface area contributed by atoms with Crippen LogP contribution in [0, 0.1) is 26.6 Å². The van der Waals surface area contributed by atoms with E-state index in [1.807, 2.05) is 32.0 Å². The van der Waals surface area contributed by atoms with E-state index in [-0.39, 0.29) is 16.5 Å². The molecule has 0 aliphatic rings. The molecule has 0 unspecified atom stereocenters. The first-order chi connectivity index (χ1) is 20.3. The largest absolute Gasteiger partial charge is 0.399 e. The zero-order chi connectivity index (χ0) is 32.0. The molecule has 0 atom stereocenters. The third kappa shape index (κ3) is 12.7. The number of anilines is 5.